The number of nitrogens with one attached hydrogen (secondary N) is 2. The molecule has 2 N–H and O–H groups in total. The van der Waals surface area contributed by atoms with Gasteiger partial charge in [-0.05, 0) is 26.2 Å². The molecule has 2 saturated heterocycles. The molecule has 6 heteroatoms. The minimum Gasteiger partial charge on any atom is -0.356 e. The van der Waals surface area contributed by atoms with Gasteiger partial charge in [0, 0.05) is 49.6 Å². The van der Waals surface area contributed by atoms with E-state index in [9.17, 15) is 9.59 Å². The van der Waals surface area contributed by atoms with Gasteiger partial charge in [-0.1, -0.05) is 13.3 Å². The van der Waals surface area contributed by atoms with Crippen LogP contribution in [0.3, 0.4) is 0 Å². The lowest BCUT2D eigenvalue weighted by Gasteiger charge is -2.38. The van der Waals surface area contributed by atoms with Crippen LogP contribution in [0.5, 0.6) is 0 Å². The van der Waals surface area contributed by atoms with Gasteiger partial charge >= 0.3 is 0 Å². The Hall–Kier alpha value is -0.750. The molecule has 2 heterocycles. The summed E-state index contributed by atoms with van der Waals surface area (Å²) < 4.78 is 0. The van der Waals surface area contributed by atoms with E-state index >= 15 is 0 Å². The third kappa shape index (κ3) is 5.68. The van der Waals surface area contributed by atoms with Crippen LogP contribution in [0.2, 0.25) is 0 Å². The lowest BCUT2D eigenvalue weighted by Crippen LogP contribution is -2.51. The molecule has 132 valence electrons. The minimum absolute atomic E-state index is 0.0410. The highest BCUT2D eigenvalue weighted by atomic mass is 32.2. The lowest BCUT2D eigenvalue weighted by molar-refractivity contribution is -0.138. The maximum Gasteiger partial charge on any atom is 0.224 e. The smallest absolute Gasteiger partial charge is 0.224 e. The van der Waals surface area contributed by atoms with Crippen molar-refractivity contribution in [2.45, 2.75) is 58.0 Å². The lowest BCUT2D eigenvalue weighted by atomic mass is 9.92. The van der Waals surface area contributed by atoms with Crippen LogP contribution in [0.1, 0.15) is 46.0 Å². The number of likely N-dealkylation sites (tertiary alicyclic amines) is 1. The van der Waals surface area contributed by atoms with Gasteiger partial charge in [0.15, 0.2) is 0 Å². The summed E-state index contributed by atoms with van der Waals surface area (Å²) in [5.74, 6) is 2.42. The second kappa shape index (κ2) is 9.52. The van der Waals surface area contributed by atoms with Gasteiger partial charge in [0.05, 0.1) is 5.92 Å². The van der Waals surface area contributed by atoms with Crippen LogP contribution >= 0.6 is 11.8 Å². The van der Waals surface area contributed by atoms with Crippen molar-refractivity contribution in [1.29, 1.82) is 0 Å². The van der Waals surface area contributed by atoms with Gasteiger partial charge in [-0.3, -0.25) is 9.59 Å². The molecule has 2 amide bonds. The van der Waals surface area contributed by atoms with Crippen LogP contribution in [0.4, 0.5) is 0 Å². The predicted octanol–water partition coefficient (Wildman–Crippen LogP) is 1.62. The fourth-order valence-corrected chi connectivity index (χ4v) is 4.23. The van der Waals surface area contributed by atoms with E-state index in [1.165, 1.54) is 0 Å². The van der Waals surface area contributed by atoms with Crippen LogP contribution in [0.15, 0.2) is 0 Å². The number of amides is 2. The summed E-state index contributed by atoms with van der Waals surface area (Å²) in [4.78, 5) is 26.9. The van der Waals surface area contributed by atoms with Gasteiger partial charge in [0.1, 0.15) is 0 Å². The molecule has 3 atom stereocenters. The van der Waals surface area contributed by atoms with Crippen molar-refractivity contribution < 1.29 is 9.59 Å². The van der Waals surface area contributed by atoms with Crippen molar-refractivity contribution in [1.82, 2.24) is 15.5 Å². The number of piperidine rings is 1. The summed E-state index contributed by atoms with van der Waals surface area (Å²) >= 11 is 1.91. The topological polar surface area (TPSA) is 61.4 Å². The number of hydrogen-bond donors (Lipinski definition) is 2. The van der Waals surface area contributed by atoms with Crippen molar-refractivity contribution in [2.24, 2.45) is 5.92 Å². The molecule has 23 heavy (non-hydrogen) atoms. The van der Waals surface area contributed by atoms with Crippen LogP contribution in [-0.2, 0) is 9.59 Å². The van der Waals surface area contributed by atoms with Gasteiger partial charge in [-0.25, -0.2) is 0 Å². The molecule has 2 aliphatic rings. The highest BCUT2D eigenvalue weighted by molar-refractivity contribution is 7.99. The Morgan fingerprint density at radius 1 is 1.35 bits per heavy atom. The van der Waals surface area contributed by atoms with Crippen molar-refractivity contribution in [3.63, 3.8) is 0 Å². The summed E-state index contributed by atoms with van der Waals surface area (Å²) in [6.45, 7) is 6.54. The first-order chi connectivity index (χ1) is 11.1. The predicted molar refractivity (Wildman–Crippen MR) is 95.5 cm³/mol. The molecule has 0 aromatic rings. The second-order valence-corrected chi connectivity index (χ2v) is 7.89. The minimum atomic E-state index is -0.0410. The quantitative estimate of drug-likeness (QED) is 0.721. The van der Waals surface area contributed by atoms with Gasteiger partial charge in [-0.15, -0.1) is 0 Å². The molecule has 2 aliphatic heterocycles. The third-order valence-electron chi connectivity index (χ3n) is 4.82. The molecule has 0 radical (unpaired) electrons. The molecule has 0 aromatic carbocycles. The number of carbonyl (C=O) groups excluding carboxylic acids is 2. The molecule has 2 fully saturated rings. The standard InChI is InChI=1S/C17H31N3O2S/c1-3-4-7-19-17(22)14-6-5-13(2)20(11-14)16(21)10-15-12-23-9-8-18-15/h13-15,18H,3-12H2,1-2H3,(H,19,22). The van der Waals surface area contributed by atoms with Gasteiger partial charge in [-0.2, -0.15) is 11.8 Å². The Labute approximate surface area is 144 Å². The highest BCUT2D eigenvalue weighted by Gasteiger charge is 2.33. The van der Waals surface area contributed by atoms with E-state index in [1.54, 1.807) is 0 Å². The van der Waals surface area contributed by atoms with Gasteiger partial charge < -0.3 is 15.5 Å². The highest BCUT2D eigenvalue weighted by Crippen LogP contribution is 2.23. The van der Waals surface area contributed by atoms with Gasteiger partial charge in [0.25, 0.3) is 0 Å². The number of nitrogens with zero attached hydrogens (tertiary/aromatic N) is 1. The van der Waals surface area contributed by atoms with Crippen LogP contribution in [0, 0.1) is 5.92 Å². The maximum atomic E-state index is 12.7. The van der Waals surface area contributed by atoms with Crippen molar-refractivity contribution >= 4 is 23.6 Å². The van der Waals surface area contributed by atoms with Crippen LogP contribution in [0.25, 0.3) is 0 Å². The zero-order valence-corrected chi connectivity index (χ0v) is 15.3. The van der Waals surface area contributed by atoms with E-state index in [1.807, 2.05) is 16.7 Å². The first-order valence-electron chi connectivity index (χ1n) is 9.00. The average molecular weight is 342 g/mol. The molecule has 0 saturated carbocycles. The number of hydrogen-bond acceptors (Lipinski definition) is 4. The molecular weight excluding hydrogens is 310 g/mol. The van der Waals surface area contributed by atoms with Crippen LogP contribution < -0.4 is 10.6 Å². The first-order valence-corrected chi connectivity index (χ1v) is 10.2. The van der Waals surface area contributed by atoms with Crippen molar-refractivity contribution in [3.8, 4) is 0 Å². The van der Waals surface area contributed by atoms with E-state index in [0.29, 0.717) is 13.0 Å². The molecular formula is C17H31N3O2S. The zero-order chi connectivity index (χ0) is 16.7. The molecule has 0 spiro atoms. The van der Waals surface area contributed by atoms with Gasteiger partial charge in [0.2, 0.25) is 11.8 Å². The number of unbranched alkanes of at least 4 members (excludes halogenated alkanes) is 1. The summed E-state index contributed by atoms with van der Waals surface area (Å²) in [6.07, 6.45) is 4.47. The summed E-state index contributed by atoms with van der Waals surface area (Å²) in [5.41, 5.74) is 0. The fourth-order valence-electron chi connectivity index (χ4n) is 3.28. The molecule has 0 aliphatic carbocycles. The molecule has 3 unspecified atom stereocenters. The first kappa shape index (κ1) is 18.6. The Bertz CT molecular complexity index is 399. The Morgan fingerprint density at radius 3 is 2.87 bits per heavy atom. The third-order valence-corrected chi connectivity index (χ3v) is 5.95. The molecule has 5 nitrogen and oxygen atoms in total. The van der Waals surface area contributed by atoms with Crippen molar-refractivity contribution in [2.75, 3.05) is 31.1 Å². The molecule has 0 aromatic heterocycles. The van der Waals surface area contributed by atoms with E-state index in [0.717, 1.165) is 50.3 Å². The largest absolute Gasteiger partial charge is 0.356 e. The van der Waals surface area contributed by atoms with Crippen LogP contribution in [-0.4, -0.2) is 59.9 Å². The maximum absolute atomic E-state index is 12.7. The van der Waals surface area contributed by atoms with E-state index in [4.69, 9.17) is 0 Å². The van der Waals surface area contributed by atoms with Crippen molar-refractivity contribution in [3.05, 3.63) is 0 Å². The average Bonchev–Trinajstić information content (AvgIpc) is 2.56. The fraction of sp³-hybridized carbons (Fsp3) is 0.882. The monoisotopic (exact) mass is 341 g/mol. The summed E-state index contributed by atoms with van der Waals surface area (Å²) in [6, 6.07) is 0.533. The SMILES string of the molecule is CCCCNC(=O)C1CCC(C)N(C(=O)CC2CSCCN2)C1. The number of rotatable bonds is 6. The van der Waals surface area contributed by atoms with E-state index in [-0.39, 0.29) is 29.8 Å². The summed E-state index contributed by atoms with van der Waals surface area (Å²) in [7, 11) is 0. The normalized spacial score (nSPS) is 28.4. The Morgan fingerprint density at radius 2 is 2.17 bits per heavy atom. The zero-order valence-electron chi connectivity index (χ0n) is 14.5. The Balaban J connectivity index is 1.84. The van der Waals surface area contributed by atoms with E-state index in [2.05, 4.69) is 24.5 Å². The summed E-state index contributed by atoms with van der Waals surface area (Å²) in [5, 5.41) is 6.44. The molecule has 0 bridgehead atoms. The number of thioether (sulfide) groups is 1. The Kier molecular flexibility index (Phi) is 7.70. The van der Waals surface area contributed by atoms with E-state index < -0.39 is 0 Å². The second-order valence-electron chi connectivity index (χ2n) is 6.74. The molecule has 2 rings (SSSR count). The number of carbonyl (C=O) groups is 2.